The van der Waals surface area contributed by atoms with Gasteiger partial charge in [0.1, 0.15) is 5.76 Å². The highest BCUT2D eigenvalue weighted by Gasteiger charge is 2.23. The number of hydrogen-bond donors (Lipinski definition) is 1. The van der Waals surface area contributed by atoms with E-state index in [4.69, 9.17) is 10.2 Å². The first-order chi connectivity index (χ1) is 6.81. The van der Waals surface area contributed by atoms with Crippen LogP contribution in [0.1, 0.15) is 29.7 Å². The first-order valence-corrected chi connectivity index (χ1v) is 6.20. The Labute approximate surface area is 88.5 Å². The lowest BCUT2D eigenvalue weighted by Gasteiger charge is -2.00. The van der Waals surface area contributed by atoms with Crippen LogP contribution in [0.2, 0.25) is 0 Å². The van der Waals surface area contributed by atoms with Crippen molar-refractivity contribution in [2.24, 2.45) is 5.73 Å². The number of thioether (sulfide) groups is 1. The molecule has 78 valence electrons. The Bertz CT molecular complexity index is 305. The maximum Gasteiger partial charge on any atom is 0.198 e. The van der Waals surface area contributed by atoms with Gasteiger partial charge in [-0.3, -0.25) is 0 Å². The van der Waals surface area contributed by atoms with Crippen LogP contribution in [-0.2, 0) is 6.42 Å². The van der Waals surface area contributed by atoms with Crippen LogP contribution in [0.25, 0.3) is 0 Å². The van der Waals surface area contributed by atoms with Gasteiger partial charge in [-0.15, -0.1) is 0 Å². The zero-order chi connectivity index (χ0) is 9.97. The molecule has 2 heterocycles. The number of hydrogen-bond acceptors (Lipinski definition) is 4. The predicted molar refractivity (Wildman–Crippen MR) is 58.7 cm³/mol. The molecule has 0 aromatic carbocycles. The molecular formula is C10H16N2OS. The van der Waals surface area contributed by atoms with Crippen molar-refractivity contribution < 1.29 is 4.42 Å². The normalized spacial score (nSPS) is 21.7. The Morgan fingerprint density at radius 3 is 3.14 bits per heavy atom. The fraction of sp³-hybridized carbons (Fsp3) is 0.700. The molecule has 0 amide bonds. The number of oxazole rings is 1. The summed E-state index contributed by atoms with van der Waals surface area (Å²) < 4.78 is 5.73. The smallest absolute Gasteiger partial charge is 0.198 e. The summed E-state index contributed by atoms with van der Waals surface area (Å²) in [6, 6.07) is 0. The van der Waals surface area contributed by atoms with Crippen LogP contribution >= 0.6 is 11.8 Å². The van der Waals surface area contributed by atoms with Crippen LogP contribution < -0.4 is 5.73 Å². The highest BCUT2D eigenvalue weighted by atomic mass is 32.2. The fourth-order valence-electron chi connectivity index (χ4n) is 1.72. The van der Waals surface area contributed by atoms with Crippen LogP contribution in [0, 0.1) is 6.92 Å². The summed E-state index contributed by atoms with van der Waals surface area (Å²) in [5.41, 5.74) is 6.52. The third-order valence-corrected chi connectivity index (χ3v) is 3.72. The Balaban J connectivity index is 2.14. The van der Waals surface area contributed by atoms with Gasteiger partial charge in [-0.1, -0.05) is 0 Å². The predicted octanol–water partition coefficient (Wildman–Crippen LogP) is 1.70. The van der Waals surface area contributed by atoms with Crippen LogP contribution in [0.4, 0.5) is 0 Å². The van der Waals surface area contributed by atoms with E-state index in [-0.39, 0.29) is 0 Å². The molecule has 1 aliphatic rings. The molecule has 1 aromatic rings. The van der Waals surface area contributed by atoms with Crippen LogP contribution in [0.3, 0.4) is 0 Å². The van der Waals surface area contributed by atoms with Crippen molar-refractivity contribution >= 4 is 11.8 Å². The molecule has 2 N–H and O–H groups in total. The van der Waals surface area contributed by atoms with Gasteiger partial charge < -0.3 is 10.2 Å². The maximum atomic E-state index is 5.73. The van der Waals surface area contributed by atoms with Gasteiger partial charge in [0.2, 0.25) is 0 Å². The molecule has 3 nitrogen and oxygen atoms in total. The molecule has 0 aliphatic carbocycles. The first kappa shape index (κ1) is 10.1. The third kappa shape index (κ3) is 1.96. The van der Waals surface area contributed by atoms with E-state index in [1.807, 2.05) is 18.7 Å². The van der Waals surface area contributed by atoms with Gasteiger partial charge >= 0.3 is 0 Å². The van der Waals surface area contributed by atoms with E-state index in [9.17, 15) is 0 Å². The molecule has 14 heavy (non-hydrogen) atoms. The molecule has 0 radical (unpaired) electrons. The minimum Gasteiger partial charge on any atom is -0.445 e. The van der Waals surface area contributed by atoms with Crippen molar-refractivity contribution in [3.8, 4) is 0 Å². The topological polar surface area (TPSA) is 52.0 Å². The Kier molecular flexibility index (Phi) is 3.13. The maximum absolute atomic E-state index is 5.73. The van der Waals surface area contributed by atoms with Gasteiger partial charge in [-0.05, 0) is 25.6 Å². The van der Waals surface area contributed by atoms with Gasteiger partial charge in [0.25, 0.3) is 0 Å². The average molecular weight is 212 g/mol. The molecule has 0 saturated carbocycles. The van der Waals surface area contributed by atoms with Crippen molar-refractivity contribution in [2.45, 2.75) is 25.7 Å². The molecule has 2 rings (SSSR count). The van der Waals surface area contributed by atoms with Crippen molar-refractivity contribution in [2.75, 3.05) is 18.1 Å². The second kappa shape index (κ2) is 4.36. The SMILES string of the molecule is Cc1nc(C2CCSC2)oc1CCN. The number of nitrogens with zero attached hydrogens (tertiary/aromatic N) is 1. The summed E-state index contributed by atoms with van der Waals surface area (Å²) in [7, 11) is 0. The molecule has 1 unspecified atom stereocenters. The second-order valence-corrected chi connectivity index (χ2v) is 4.81. The van der Waals surface area contributed by atoms with E-state index in [1.54, 1.807) is 0 Å². The number of nitrogens with two attached hydrogens (primary N) is 1. The van der Waals surface area contributed by atoms with Gasteiger partial charge in [-0.25, -0.2) is 4.98 Å². The van der Waals surface area contributed by atoms with Crippen molar-refractivity contribution in [1.29, 1.82) is 0 Å². The highest BCUT2D eigenvalue weighted by Crippen LogP contribution is 2.32. The van der Waals surface area contributed by atoms with E-state index in [1.165, 1.54) is 12.2 Å². The first-order valence-electron chi connectivity index (χ1n) is 5.05. The zero-order valence-corrected chi connectivity index (χ0v) is 9.27. The largest absolute Gasteiger partial charge is 0.445 e. The summed E-state index contributed by atoms with van der Waals surface area (Å²) in [4.78, 5) is 4.48. The highest BCUT2D eigenvalue weighted by molar-refractivity contribution is 7.99. The molecule has 1 fully saturated rings. The lowest BCUT2D eigenvalue weighted by atomic mass is 10.1. The van der Waals surface area contributed by atoms with E-state index in [0.29, 0.717) is 12.5 Å². The summed E-state index contributed by atoms with van der Waals surface area (Å²) >= 11 is 1.98. The minimum absolute atomic E-state index is 0.533. The molecule has 1 aromatic heterocycles. The quantitative estimate of drug-likeness (QED) is 0.828. The van der Waals surface area contributed by atoms with E-state index < -0.39 is 0 Å². The van der Waals surface area contributed by atoms with Crippen molar-refractivity contribution in [3.05, 3.63) is 17.3 Å². The molecule has 0 spiro atoms. The second-order valence-electron chi connectivity index (χ2n) is 3.66. The van der Waals surface area contributed by atoms with Crippen LogP contribution in [0.15, 0.2) is 4.42 Å². The molecule has 4 heteroatoms. The van der Waals surface area contributed by atoms with Crippen LogP contribution in [0.5, 0.6) is 0 Å². The summed E-state index contributed by atoms with van der Waals surface area (Å²) in [5.74, 6) is 4.82. The zero-order valence-electron chi connectivity index (χ0n) is 8.45. The van der Waals surface area contributed by atoms with E-state index >= 15 is 0 Å². The van der Waals surface area contributed by atoms with Gasteiger partial charge in [0.15, 0.2) is 5.89 Å². The molecule has 0 bridgehead atoms. The minimum atomic E-state index is 0.533. The summed E-state index contributed by atoms with van der Waals surface area (Å²) in [6.45, 7) is 2.63. The number of aromatic nitrogens is 1. The van der Waals surface area contributed by atoms with Crippen molar-refractivity contribution in [3.63, 3.8) is 0 Å². The van der Waals surface area contributed by atoms with E-state index in [0.717, 1.165) is 29.5 Å². The monoisotopic (exact) mass is 212 g/mol. The third-order valence-electron chi connectivity index (χ3n) is 2.56. The summed E-state index contributed by atoms with van der Waals surface area (Å²) in [5, 5.41) is 0. The Morgan fingerprint density at radius 1 is 1.64 bits per heavy atom. The summed E-state index contributed by atoms with van der Waals surface area (Å²) in [6.07, 6.45) is 2.01. The number of aryl methyl sites for hydroxylation is 1. The lowest BCUT2D eigenvalue weighted by Crippen LogP contribution is -2.02. The Morgan fingerprint density at radius 2 is 2.50 bits per heavy atom. The molecular weight excluding hydrogens is 196 g/mol. The van der Waals surface area contributed by atoms with Crippen LogP contribution in [-0.4, -0.2) is 23.0 Å². The molecule has 1 saturated heterocycles. The van der Waals surface area contributed by atoms with Crippen molar-refractivity contribution in [1.82, 2.24) is 4.98 Å². The lowest BCUT2D eigenvalue weighted by molar-refractivity contribution is 0.429. The van der Waals surface area contributed by atoms with Gasteiger partial charge in [0, 0.05) is 18.1 Å². The standard InChI is InChI=1S/C10H16N2OS/c1-7-9(2-4-11)13-10(12-7)8-3-5-14-6-8/h8H,2-6,11H2,1H3. The van der Waals surface area contributed by atoms with Gasteiger partial charge in [-0.2, -0.15) is 11.8 Å². The number of rotatable bonds is 3. The molecule has 1 atom stereocenters. The Hall–Kier alpha value is -0.480. The fourth-order valence-corrected chi connectivity index (χ4v) is 2.93. The van der Waals surface area contributed by atoms with E-state index in [2.05, 4.69) is 4.98 Å². The molecule has 1 aliphatic heterocycles. The van der Waals surface area contributed by atoms with Gasteiger partial charge in [0.05, 0.1) is 5.69 Å². The average Bonchev–Trinajstić information content (AvgIpc) is 2.76.